The van der Waals surface area contributed by atoms with Crippen LogP contribution in [-0.2, 0) is 9.53 Å². The minimum Gasteiger partial charge on any atom is -0.444 e. The highest BCUT2D eigenvalue weighted by Gasteiger charge is 2.46. The molecule has 3 heterocycles. The Kier molecular flexibility index (Phi) is 6.70. The van der Waals surface area contributed by atoms with Crippen LogP contribution >= 0.6 is 11.3 Å². The third-order valence-electron chi connectivity index (χ3n) is 6.73. The minimum absolute atomic E-state index is 0.0116. The number of para-hydroxylation sites is 2. The van der Waals surface area contributed by atoms with E-state index in [1.165, 1.54) is 11.3 Å². The van der Waals surface area contributed by atoms with Crippen molar-refractivity contribution in [1.82, 2.24) is 25.1 Å². The van der Waals surface area contributed by atoms with Crippen LogP contribution < -0.4 is 5.32 Å². The summed E-state index contributed by atoms with van der Waals surface area (Å²) in [5, 5.41) is 3.11. The van der Waals surface area contributed by atoms with E-state index in [9.17, 15) is 14.4 Å². The van der Waals surface area contributed by atoms with E-state index < -0.39 is 5.60 Å². The fourth-order valence-electron chi connectivity index (χ4n) is 4.60. The maximum atomic E-state index is 13.1. The van der Waals surface area contributed by atoms with Crippen molar-refractivity contribution in [1.29, 1.82) is 0 Å². The molecule has 1 saturated heterocycles. The first-order valence-corrected chi connectivity index (χ1v) is 13.5. The zero-order chi connectivity index (χ0) is 26.3. The van der Waals surface area contributed by atoms with Gasteiger partial charge in [-0.2, -0.15) is 0 Å². The molecule has 1 saturated carbocycles. The molecule has 10 heteroatoms. The van der Waals surface area contributed by atoms with Crippen molar-refractivity contribution in [3.8, 4) is 0 Å². The van der Waals surface area contributed by atoms with Crippen molar-refractivity contribution in [2.75, 3.05) is 26.2 Å². The summed E-state index contributed by atoms with van der Waals surface area (Å²) < 4.78 is 5.43. The average molecular weight is 524 g/mol. The van der Waals surface area contributed by atoms with E-state index in [-0.39, 0.29) is 35.8 Å². The first-order valence-electron chi connectivity index (χ1n) is 12.7. The summed E-state index contributed by atoms with van der Waals surface area (Å²) in [6.45, 7) is 9.27. The molecule has 0 unspecified atom stereocenters. The monoisotopic (exact) mass is 523 g/mol. The number of rotatable bonds is 5. The van der Waals surface area contributed by atoms with Gasteiger partial charge in [-0.25, -0.2) is 9.78 Å². The number of nitrogens with one attached hydrogen (secondary N) is 2. The number of hydrogen-bond donors (Lipinski definition) is 2. The molecule has 2 aromatic heterocycles. The molecule has 3 amide bonds. The molecule has 2 aliphatic rings. The maximum absolute atomic E-state index is 13.1. The Bertz CT molecular complexity index is 1280. The molecule has 196 valence electrons. The van der Waals surface area contributed by atoms with Gasteiger partial charge in [0.25, 0.3) is 5.91 Å². The zero-order valence-corrected chi connectivity index (χ0v) is 22.4. The van der Waals surface area contributed by atoms with Crippen LogP contribution in [0.2, 0.25) is 0 Å². The van der Waals surface area contributed by atoms with Gasteiger partial charge < -0.3 is 24.8 Å². The molecule has 9 nitrogen and oxygen atoms in total. The fraction of sp³-hybridized carbons (Fsp3) is 0.481. The molecule has 3 atom stereocenters. The number of thiophene rings is 1. The summed E-state index contributed by atoms with van der Waals surface area (Å²) in [5.74, 6) is 0.845. The summed E-state index contributed by atoms with van der Waals surface area (Å²) in [7, 11) is 0. The molecule has 1 aliphatic carbocycles. The molecular weight excluding hydrogens is 490 g/mol. The molecule has 3 aromatic rings. The van der Waals surface area contributed by atoms with E-state index in [2.05, 4.69) is 15.3 Å². The first-order chi connectivity index (χ1) is 17.6. The lowest BCUT2D eigenvalue weighted by atomic mass is 10.2. The van der Waals surface area contributed by atoms with Crippen molar-refractivity contribution in [3.05, 3.63) is 52.0 Å². The van der Waals surface area contributed by atoms with Crippen molar-refractivity contribution in [3.63, 3.8) is 0 Å². The van der Waals surface area contributed by atoms with Gasteiger partial charge in [0.2, 0.25) is 5.91 Å². The summed E-state index contributed by atoms with van der Waals surface area (Å²) in [4.78, 5) is 51.2. The number of amides is 3. The Balaban J connectivity index is 1.12. The number of aromatic amines is 1. The lowest BCUT2D eigenvalue weighted by Gasteiger charge is -2.35. The summed E-state index contributed by atoms with van der Waals surface area (Å²) >= 11 is 1.40. The van der Waals surface area contributed by atoms with Crippen LogP contribution in [0.25, 0.3) is 11.0 Å². The van der Waals surface area contributed by atoms with Crippen LogP contribution in [-0.4, -0.2) is 69.5 Å². The second-order valence-corrected chi connectivity index (χ2v) is 11.9. The van der Waals surface area contributed by atoms with Crippen LogP contribution in [0.5, 0.6) is 0 Å². The van der Waals surface area contributed by atoms with E-state index in [0.29, 0.717) is 31.1 Å². The van der Waals surface area contributed by atoms with Crippen LogP contribution in [0.4, 0.5) is 4.79 Å². The number of aromatic nitrogens is 2. The average Bonchev–Trinajstić information content (AvgIpc) is 3.30. The van der Waals surface area contributed by atoms with Gasteiger partial charge in [-0.15, -0.1) is 11.3 Å². The minimum atomic E-state index is -0.544. The number of H-pyrrole nitrogens is 1. The largest absolute Gasteiger partial charge is 0.444 e. The molecule has 1 aliphatic heterocycles. The number of fused-ring (bicyclic) bond motifs is 1. The Morgan fingerprint density at radius 2 is 1.78 bits per heavy atom. The van der Waals surface area contributed by atoms with Crippen molar-refractivity contribution in [2.24, 2.45) is 5.92 Å². The number of hydrogen-bond acceptors (Lipinski definition) is 6. The number of ether oxygens (including phenoxy) is 1. The number of piperazine rings is 1. The van der Waals surface area contributed by atoms with E-state index in [1.54, 1.807) is 9.80 Å². The summed E-state index contributed by atoms with van der Waals surface area (Å²) in [5.41, 5.74) is 1.36. The number of carbonyl (C=O) groups excluding carboxylic acids is 3. The summed E-state index contributed by atoms with van der Waals surface area (Å²) in [6.07, 6.45) is 0.433. The molecule has 1 aromatic carbocycles. The Morgan fingerprint density at radius 3 is 2.49 bits per heavy atom. The van der Waals surface area contributed by atoms with Crippen molar-refractivity contribution < 1.29 is 19.1 Å². The normalized spacial score (nSPS) is 20.5. The molecule has 2 fully saturated rings. The van der Waals surface area contributed by atoms with Gasteiger partial charge in [0.05, 0.1) is 22.0 Å². The van der Waals surface area contributed by atoms with Gasteiger partial charge in [0.15, 0.2) is 0 Å². The lowest BCUT2D eigenvalue weighted by Crippen LogP contribution is -2.51. The van der Waals surface area contributed by atoms with Crippen molar-refractivity contribution >= 4 is 40.3 Å². The third-order valence-corrected chi connectivity index (χ3v) is 7.98. The Morgan fingerprint density at radius 1 is 1.08 bits per heavy atom. The number of carbonyl (C=O) groups is 3. The van der Waals surface area contributed by atoms with Gasteiger partial charge in [-0.1, -0.05) is 12.1 Å². The van der Waals surface area contributed by atoms with Crippen LogP contribution in [0, 0.1) is 5.92 Å². The highest BCUT2D eigenvalue weighted by molar-refractivity contribution is 7.14. The second-order valence-electron chi connectivity index (χ2n) is 10.8. The molecule has 0 radical (unpaired) electrons. The van der Waals surface area contributed by atoms with Crippen LogP contribution in [0.3, 0.4) is 0 Å². The number of benzene rings is 1. The highest BCUT2D eigenvalue weighted by Crippen LogP contribution is 2.47. The fourth-order valence-corrected chi connectivity index (χ4v) is 5.58. The highest BCUT2D eigenvalue weighted by atomic mass is 32.1. The quantitative estimate of drug-likeness (QED) is 0.519. The van der Waals surface area contributed by atoms with E-state index in [1.807, 2.05) is 64.1 Å². The molecule has 5 rings (SSSR count). The predicted molar refractivity (Wildman–Crippen MR) is 142 cm³/mol. The standard InChI is InChI=1S/C27H33N5O4S/c1-16(28-24(33)18-15-17(18)23-29-19-7-5-6-8-20(19)30-23)21-9-10-22(37-21)25(34)31-11-13-32(14-12-31)26(35)36-27(2,3)4/h5-10,16-18H,11-15H2,1-4H3,(H,28,33)(H,29,30)/t16-,17-,18-/m1/s1. The molecule has 0 spiro atoms. The van der Waals surface area contributed by atoms with E-state index in [0.717, 1.165) is 28.2 Å². The molecule has 37 heavy (non-hydrogen) atoms. The van der Waals surface area contributed by atoms with Crippen molar-refractivity contribution in [2.45, 2.75) is 51.7 Å². The molecular formula is C27H33N5O4S. The van der Waals surface area contributed by atoms with Gasteiger partial charge in [-0.3, -0.25) is 9.59 Å². The SMILES string of the molecule is C[C@@H](NC(=O)[C@@H]1C[C@H]1c1nc2ccccc2[nH]1)c1ccc(C(=O)N2CCN(C(=O)OC(C)(C)C)CC2)s1. The maximum Gasteiger partial charge on any atom is 0.410 e. The summed E-state index contributed by atoms with van der Waals surface area (Å²) in [6, 6.07) is 11.4. The first kappa shape index (κ1) is 25.3. The van der Waals surface area contributed by atoms with Gasteiger partial charge in [-0.05, 0) is 58.4 Å². The van der Waals surface area contributed by atoms with Gasteiger partial charge in [0, 0.05) is 42.9 Å². The third kappa shape index (κ3) is 5.64. The Labute approximate surface area is 220 Å². The van der Waals surface area contributed by atoms with E-state index in [4.69, 9.17) is 4.74 Å². The lowest BCUT2D eigenvalue weighted by molar-refractivity contribution is -0.123. The number of imidazole rings is 1. The predicted octanol–water partition coefficient (Wildman–Crippen LogP) is 4.30. The second kappa shape index (κ2) is 9.81. The molecule has 0 bridgehead atoms. The smallest absolute Gasteiger partial charge is 0.410 e. The topological polar surface area (TPSA) is 108 Å². The van der Waals surface area contributed by atoms with Crippen LogP contribution in [0.1, 0.15) is 66.4 Å². The zero-order valence-electron chi connectivity index (χ0n) is 21.6. The van der Waals surface area contributed by atoms with E-state index >= 15 is 0 Å². The number of nitrogens with zero attached hydrogens (tertiary/aromatic N) is 3. The van der Waals surface area contributed by atoms with Gasteiger partial charge in [0.1, 0.15) is 11.4 Å². The van der Waals surface area contributed by atoms with Gasteiger partial charge >= 0.3 is 6.09 Å². The van der Waals surface area contributed by atoms with Crippen LogP contribution in [0.15, 0.2) is 36.4 Å². The Hall–Kier alpha value is -3.40. The molecule has 2 N–H and O–H groups in total.